The SMILES string of the molecule is O=C(CN1C(=O)NC2(CCOc3ccccc32)C1=O)N1CCN(Cc2cccc(Cl)c2)CC1. The van der Waals surface area contributed by atoms with Crippen molar-refractivity contribution in [3.8, 4) is 5.75 Å². The molecule has 33 heavy (non-hydrogen) atoms. The number of ether oxygens (including phenoxy) is 1. The number of rotatable bonds is 4. The Bertz CT molecular complexity index is 1100. The monoisotopic (exact) mass is 468 g/mol. The molecular formula is C24H25ClN4O4. The largest absolute Gasteiger partial charge is 0.493 e. The number of urea groups is 1. The second-order valence-corrected chi connectivity index (χ2v) is 9.04. The first-order chi connectivity index (χ1) is 16.0. The molecule has 9 heteroatoms. The summed E-state index contributed by atoms with van der Waals surface area (Å²) in [5.74, 6) is -0.0316. The van der Waals surface area contributed by atoms with E-state index in [1.807, 2.05) is 36.4 Å². The zero-order chi connectivity index (χ0) is 23.0. The Labute approximate surface area is 197 Å². The molecule has 1 atom stereocenters. The molecule has 2 saturated heterocycles. The Balaban J connectivity index is 1.21. The number of hydrogen-bond acceptors (Lipinski definition) is 5. The molecule has 3 heterocycles. The number of nitrogens with zero attached hydrogens (tertiary/aromatic N) is 3. The average Bonchev–Trinajstić information content (AvgIpc) is 3.04. The molecule has 5 rings (SSSR count). The molecule has 172 valence electrons. The molecule has 0 aromatic heterocycles. The summed E-state index contributed by atoms with van der Waals surface area (Å²) in [6, 6.07) is 14.4. The minimum atomic E-state index is -1.16. The fourth-order valence-corrected chi connectivity index (χ4v) is 5.01. The van der Waals surface area contributed by atoms with E-state index in [1.54, 1.807) is 17.0 Å². The first-order valence-corrected chi connectivity index (χ1v) is 11.4. The number of amides is 4. The van der Waals surface area contributed by atoms with Gasteiger partial charge in [-0.15, -0.1) is 0 Å². The molecule has 2 aromatic rings. The fraction of sp³-hybridized carbons (Fsp3) is 0.375. The van der Waals surface area contributed by atoms with Crippen molar-refractivity contribution in [1.29, 1.82) is 0 Å². The Morgan fingerprint density at radius 3 is 2.64 bits per heavy atom. The third kappa shape index (κ3) is 4.05. The van der Waals surface area contributed by atoms with Gasteiger partial charge in [0, 0.05) is 49.7 Å². The summed E-state index contributed by atoms with van der Waals surface area (Å²) < 4.78 is 5.66. The van der Waals surface area contributed by atoms with Crippen LogP contribution < -0.4 is 10.1 Å². The average molecular weight is 469 g/mol. The Morgan fingerprint density at radius 1 is 1.06 bits per heavy atom. The highest BCUT2D eigenvalue weighted by molar-refractivity contribution is 6.30. The Kier molecular flexibility index (Phi) is 5.72. The highest BCUT2D eigenvalue weighted by Gasteiger charge is 2.55. The van der Waals surface area contributed by atoms with Crippen LogP contribution in [0.25, 0.3) is 0 Å². The van der Waals surface area contributed by atoms with Crippen molar-refractivity contribution in [2.45, 2.75) is 18.5 Å². The fourth-order valence-electron chi connectivity index (χ4n) is 4.80. The number of hydrogen-bond donors (Lipinski definition) is 1. The van der Waals surface area contributed by atoms with Crippen molar-refractivity contribution in [2.24, 2.45) is 0 Å². The van der Waals surface area contributed by atoms with Crippen LogP contribution >= 0.6 is 11.6 Å². The molecule has 1 spiro atoms. The number of benzene rings is 2. The summed E-state index contributed by atoms with van der Waals surface area (Å²) in [4.78, 5) is 44.1. The minimum absolute atomic E-state index is 0.224. The van der Waals surface area contributed by atoms with Crippen molar-refractivity contribution in [3.63, 3.8) is 0 Å². The summed E-state index contributed by atoms with van der Waals surface area (Å²) in [6.07, 6.45) is 0.335. The van der Waals surface area contributed by atoms with Gasteiger partial charge in [0.25, 0.3) is 5.91 Å². The number of imide groups is 1. The van der Waals surface area contributed by atoms with E-state index in [2.05, 4.69) is 10.2 Å². The first-order valence-electron chi connectivity index (χ1n) is 11.1. The number of halogens is 1. The molecule has 1 unspecified atom stereocenters. The van der Waals surface area contributed by atoms with Crippen molar-refractivity contribution < 1.29 is 19.1 Å². The highest BCUT2D eigenvalue weighted by atomic mass is 35.5. The third-order valence-corrected chi connectivity index (χ3v) is 6.81. The number of carbonyl (C=O) groups is 3. The van der Waals surface area contributed by atoms with Gasteiger partial charge in [0.05, 0.1) is 6.61 Å². The van der Waals surface area contributed by atoms with Gasteiger partial charge in [-0.05, 0) is 23.8 Å². The lowest BCUT2D eigenvalue weighted by Crippen LogP contribution is -2.52. The maximum Gasteiger partial charge on any atom is 0.325 e. The van der Waals surface area contributed by atoms with Crippen LogP contribution in [0.1, 0.15) is 17.5 Å². The third-order valence-electron chi connectivity index (χ3n) is 6.57. The summed E-state index contributed by atoms with van der Waals surface area (Å²) in [6.45, 7) is 3.35. The van der Waals surface area contributed by atoms with Crippen LogP contribution in [-0.2, 0) is 21.7 Å². The number of para-hydroxylation sites is 1. The molecule has 0 saturated carbocycles. The van der Waals surface area contributed by atoms with Crippen molar-refractivity contribution in [1.82, 2.24) is 20.0 Å². The van der Waals surface area contributed by atoms with Crippen LogP contribution in [0.5, 0.6) is 5.75 Å². The van der Waals surface area contributed by atoms with Gasteiger partial charge in [0.1, 0.15) is 12.3 Å². The molecule has 1 N–H and O–H groups in total. The normalized spacial score (nSPS) is 22.8. The summed E-state index contributed by atoms with van der Waals surface area (Å²) in [5.41, 5.74) is 0.602. The second kappa shape index (κ2) is 8.68. The van der Waals surface area contributed by atoms with Gasteiger partial charge in [0.15, 0.2) is 5.54 Å². The molecule has 4 amide bonds. The van der Waals surface area contributed by atoms with E-state index in [4.69, 9.17) is 16.3 Å². The van der Waals surface area contributed by atoms with Crippen molar-refractivity contribution in [2.75, 3.05) is 39.3 Å². The van der Waals surface area contributed by atoms with Gasteiger partial charge in [0.2, 0.25) is 5.91 Å². The molecule has 3 aliphatic rings. The van der Waals surface area contributed by atoms with Crippen LogP contribution in [0.3, 0.4) is 0 Å². The zero-order valence-electron chi connectivity index (χ0n) is 18.1. The summed E-state index contributed by atoms with van der Waals surface area (Å²) in [7, 11) is 0. The standard InChI is InChI=1S/C24H25ClN4O4/c25-18-5-3-4-17(14-18)15-27-9-11-28(12-10-27)21(30)16-29-22(31)24(26-23(29)32)8-13-33-20-7-2-1-6-19(20)24/h1-7,14H,8-13,15-16H2,(H,26,32). The number of nitrogens with one attached hydrogen (secondary N) is 1. The minimum Gasteiger partial charge on any atom is -0.493 e. The maximum absolute atomic E-state index is 13.4. The second-order valence-electron chi connectivity index (χ2n) is 8.61. The van der Waals surface area contributed by atoms with E-state index in [1.165, 1.54) is 0 Å². The van der Waals surface area contributed by atoms with Crippen LogP contribution in [0.2, 0.25) is 5.02 Å². The molecule has 2 aromatic carbocycles. The predicted octanol–water partition coefficient (Wildman–Crippen LogP) is 2.21. The van der Waals surface area contributed by atoms with Crippen molar-refractivity contribution >= 4 is 29.4 Å². The number of carbonyl (C=O) groups excluding carboxylic acids is 3. The molecular weight excluding hydrogens is 444 g/mol. The van der Waals surface area contributed by atoms with E-state index < -0.39 is 17.5 Å². The maximum atomic E-state index is 13.4. The van der Waals surface area contributed by atoms with Crippen LogP contribution in [0.4, 0.5) is 4.79 Å². The van der Waals surface area contributed by atoms with E-state index in [9.17, 15) is 14.4 Å². The smallest absolute Gasteiger partial charge is 0.325 e. The highest BCUT2D eigenvalue weighted by Crippen LogP contribution is 2.40. The number of piperazine rings is 1. The lowest BCUT2D eigenvalue weighted by molar-refractivity contribution is -0.140. The molecule has 8 nitrogen and oxygen atoms in total. The molecule has 3 aliphatic heterocycles. The Hall–Kier alpha value is -3.10. The van der Waals surface area contributed by atoms with Gasteiger partial charge in [-0.2, -0.15) is 0 Å². The van der Waals surface area contributed by atoms with E-state index in [0.29, 0.717) is 55.5 Å². The van der Waals surface area contributed by atoms with Gasteiger partial charge in [-0.25, -0.2) is 4.79 Å². The van der Waals surface area contributed by atoms with Crippen LogP contribution in [-0.4, -0.2) is 71.9 Å². The topological polar surface area (TPSA) is 82.2 Å². The predicted molar refractivity (Wildman–Crippen MR) is 122 cm³/mol. The zero-order valence-corrected chi connectivity index (χ0v) is 18.9. The van der Waals surface area contributed by atoms with E-state index in [0.717, 1.165) is 17.0 Å². The van der Waals surface area contributed by atoms with Gasteiger partial charge < -0.3 is 15.0 Å². The first kappa shape index (κ1) is 21.7. The summed E-state index contributed by atoms with van der Waals surface area (Å²) in [5, 5.41) is 3.55. The van der Waals surface area contributed by atoms with E-state index >= 15 is 0 Å². The van der Waals surface area contributed by atoms with Crippen LogP contribution in [0.15, 0.2) is 48.5 Å². The summed E-state index contributed by atoms with van der Waals surface area (Å²) >= 11 is 6.07. The van der Waals surface area contributed by atoms with Gasteiger partial charge in [-0.1, -0.05) is 41.9 Å². The molecule has 0 aliphatic carbocycles. The molecule has 0 radical (unpaired) electrons. The van der Waals surface area contributed by atoms with Gasteiger partial charge in [-0.3, -0.25) is 19.4 Å². The lowest BCUT2D eigenvalue weighted by Gasteiger charge is -2.35. The molecule has 0 bridgehead atoms. The van der Waals surface area contributed by atoms with Crippen LogP contribution in [0, 0.1) is 0 Å². The van der Waals surface area contributed by atoms with Gasteiger partial charge >= 0.3 is 6.03 Å². The quantitative estimate of drug-likeness (QED) is 0.696. The molecule has 2 fully saturated rings. The Morgan fingerprint density at radius 2 is 1.85 bits per heavy atom. The lowest BCUT2D eigenvalue weighted by atomic mass is 9.84. The number of fused-ring (bicyclic) bond motifs is 2. The van der Waals surface area contributed by atoms with Crippen molar-refractivity contribution in [3.05, 3.63) is 64.7 Å². The van der Waals surface area contributed by atoms with E-state index in [-0.39, 0.29) is 12.5 Å².